The van der Waals surface area contributed by atoms with Crippen LogP contribution in [0.2, 0.25) is 0 Å². The molecule has 0 spiro atoms. The van der Waals surface area contributed by atoms with Crippen molar-refractivity contribution in [3.8, 4) is 0 Å². The third kappa shape index (κ3) is 4.08. The normalized spacial score (nSPS) is 14.3. The van der Waals surface area contributed by atoms with Crippen LogP contribution in [0.5, 0.6) is 0 Å². The van der Waals surface area contributed by atoms with Gasteiger partial charge >= 0.3 is 0 Å². The fourth-order valence-corrected chi connectivity index (χ4v) is 5.68. The highest BCUT2D eigenvalue weighted by Crippen LogP contribution is 2.26. The van der Waals surface area contributed by atoms with Crippen LogP contribution in [0.1, 0.15) is 41.4 Å². The number of carbonyl (C=O) groups excluding carboxylic acids is 1. The quantitative estimate of drug-likeness (QED) is 0.470. The maximum Gasteiger partial charge on any atom is 0.255 e. The number of amides is 1. The van der Waals surface area contributed by atoms with Crippen LogP contribution >= 0.6 is 0 Å². The lowest BCUT2D eigenvalue weighted by Gasteiger charge is -2.28. The number of aromatic nitrogens is 3. The van der Waals surface area contributed by atoms with Crippen molar-refractivity contribution in [2.24, 2.45) is 0 Å². The van der Waals surface area contributed by atoms with Gasteiger partial charge in [-0.15, -0.1) is 0 Å². The minimum absolute atomic E-state index is 0.103. The third-order valence-corrected chi connectivity index (χ3v) is 7.85. The van der Waals surface area contributed by atoms with Crippen molar-refractivity contribution >= 4 is 32.7 Å². The molecule has 1 N–H and O–H groups in total. The van der Waals surface area contributed by atoms with Crippen LogP contribution in [0.3, 0.4) is 0 Å². The van der Waals surface area contributed by atoms with Gasteiger partial charge in [0.05, 0.1) is 23.0 Å². The molecule has 0 atom stereocenters. The van der Waals surface area contributed by atoms with E-state index in [1.54, 1.807) is 30.6 Å². The first-order chi connectivity index (χ1) is 16.3. The second-order valence-corrected chi connectivity index (χ2v) is 10.6. The second-order valence-electron chi connectivity index (χ2n) is 8.66. The number of anilines is 1. The van der Waals surface area contributed by atoms with Crippen molar-refractivity contribution in [3.05, 3.63) is 83.7 Å². The molecule has 5 rings (SSSR count). The predicted molar refractivity (Wildman–Crippen MR) is 130 cm³/mol. The van der Waals surface area contributed by atoms with Gasteiger partial charge in [0.15, 0.2) is 5.65 Å². The molecule has 0 fully saturated rings. The van der Waals surface area contributed by atoms with E-state index in [2.05, 4.69) is 15.4 Å². The first kappa shape index (κ1) is 22.2. The van der Waals surface area contributed by atoms with Crippen LogP contribution < -0.4 is 5.32 Å². The molecule has 0 bridgehead atoms. The van der Waals surface area contributed by atoms with Gasteiger partial charge in [0.2, 0.25) is 10.0 Å². The molecular formula is C25H25N5O3S. The van der Waals surface area contributed by atoms with Gasteiger partial charge < -0.3 is 5.32 Å². The Bertz CT molecular complexity index is 1490. The van der Waals surface area contributed by atoms with Crippen molar-refractivity contribution in [3.63, 3.8) is 0 Å². The van der Waals surface area contributed by atoms with E-state index >= 15 is 0 Å². The number of benzene rings is 2. The number of pyridine rings is 1. The number of fused-ring (bicyclic) bond motifs is 2. The summed E-state index contributed by atoms with van der Waals surface area (Å²) in [5.74, 6) is -0.404. The van der Waals surface area contributed by atoms with Gasteiger partial charge in [-0.3, -0.25) is 4.79 Å². The molecule has 8 nitrogen and oxygen atoms in total. The summed E-state index contributed by atoms with van der Waals surface area (Å²) in [7, 11) is -3.74. The van der Waals surface area contributed by atoms with Crippen LogP contribution in [-0.4, -0.2) is 39.9 Å². The summed E-state index contributed by atoms with van der Waals surface area (Å²) in [6.45, 7) is 4.77. The molecule has 174 valence electrons. The predicted octanol–water partition coefficient (Wildman–Crippen LogP) is 4.01. The first-order valence-corrected chi connectivity index (χ1v) is 12.6. The minimum Gasteiger partial charge on any atom is -0.321 e. The molecule has 1 aliphatic heterocycles. The van der Waals surface area contributed by atoms with Crippen molar-refractivity contribution in [1.82, 2.24) is 19.1 Å². The highest BCUT2D eigenvalue weighted by Gasteiger charge is 2.28. The number of nitrogens with one attached hydrogen (secondary N) is 1. The van der Waals surface area contributed by atoms with Crippen molar-refractivity contribution < 1.29 is 13.2 Å². The number of carbonyl (C=O) groups is 1. The van der Waals surface area contributed by atoms with E-state index in [1.807, 2.05) is 42.8 Å². The zero-order chi connectivity index (χ0) is 23.9. The molecule has 1 amide bonds. The van der Waals surface area contributed by atoms with E-state index in [9.17, 15) is 13.2 Å². The topological polar surface area (TPSA) is 97.2 Å². The Morgan fingerprint density at radius 1 is 1.03 bits per heavy atom. The molecule has 4 aromatic rings. The van der Waals surface area contributed by atoms with Crippen LogP contribution in [0.25, 0.3) is 11.0 Å². The average Bonchev–Trinajstić information content (AvgIpc) is 3.27. The minimum atomic E-state index is -3.74. The van der Waals surface area contributed by atoms with E-state index < -0.39 is 15.9 Å². The molecule has 0 radical (unpaired) electrons. The third-order valence-electron chi connectivity index (χ3n) is 6.01. The summed E-state index contributed by atoms with van der Waals surface area (Å²) in [5.41, 5.74) is 3.70. The fourth-order valence-electron chi connectivity index (χ4n) is 4.21. The standard InChI is InChI=1S/C25H25N5O3S/c1-17(2)30-24-21(14-27-30)12-22(15-26-24)28-25(31)19-8-5-9-23(13-19)34(32,33)29-11-10-18-6-3-4-7-20(18)16-29/h3-9,12-15,17H,10-11,16H2,1-2H3,(H,28,31). The molecule has 9 heteroatoms. The van der Waals surface area contributed by atoms with Crippen LogP contribution in [0.4, 0.5) is 5.69 Å². The molecule has 0 saturated carbocycles. The van der Waals surface area contributed by atoms with E-state index in [0.717, 1.165) is 16.6 Å². The van der Waals surface area contributed by atoms with Crippen LogP contribution in [-0.2, 0) is 23.0 Å². The number of rotatable bonds is 5. The summed E-state index contributed by atoms with van der Waals surface area (Å²) in [6, 6.07) is 16.0. The highest BCUT2D eigenvalue weighted by molar-refractivity contribution is 7.89. The van der Waals surface area contributed by atoms with Gasteiger partial charge in [0.25, 0.3) is 5.91 Å². The van der Waals surface area contributed by atoms with Gasteiger partial charge in [-0.2, -0.15) is 9.40 Å². The van der Waals surface area contributed by atoms with E-state index in [1.165, 1.54) is 22.0 Å². The molecule has 2 aromatic carbocycles. The number of hydrogen-bond acceptors (Lipinski definition) is 5. The van der Waals surface area contributed by atoms with Gasteiger partial charge in [0.1, 0.15) is 0 Å². The summed E-state index contributed by atoms with van der Waals surface area (Å²) < 4.78 is 29.9. The van der Waals surface area contributed by atoms with Crippen LogP contribution in [0, 0.1) is 0 Å². The van der Waals surface area contributed by atoms with E-state index in [4.69, 9.17) is 0 Å². The van der Waals surface area contributed by atoms with Gasteiger partial charge in [-0.25, -0.2) is 18.1 Å². The summed E-state index contributed by atoms with van der Waals surface area (Å²) >= 11 is 0. The number of hydrogen-bond donors (Lipinski definition) is 1. The Balaban J connectivity index is 1.36. The summed E-state index contributed by atoms with van der Waals surface area (Å²) in [5, 5.41) is 7.97. The molecule has 0 unspecified atom stereocenters. The lowest BCUT2D eigenvalue weighted by molar-refractivity contribution is 0.102. The second kappa shape index (κ2) is 8.66. The lowest BCUT2D eigenvalue weighted by atomic mass is 10.0. The number of nitrogens with zero attached hydrogens (tertiary/aromatic N) is 4. The lowest BCUT2D eigenvalue weighted by Crippen LogP contribution is -2.36. The molecule has 0 saturated heterocycles. The SMILES string of the molecule is CC(C)n1ncc2cc(NC(=O)c3cccc(S(=O)(=O)N4CCc5ccccc5C4)c3)cnc21. The van der Waals surface area contributed by atoms with Crippen molar-refractivity contribution in [2.75, 3.05) is 11.9 Å². The average molecular weight is 476 g/mol. The van der Waals surface area contributed by atoms with Gasteiger partial charge in [0, 0.05) is 30.1 Å². The zero-order valence-electron chi connectivity index (χ0n) is 19.0. The Hall–Kier alpha value is -3.56. The summed E-state index contributed by atoms with van der Waals surface area (Å²) in [4.78, 5) is 17.4. The van der Waals surface area contributed by atoms with Crippen LogP contribution in [0.15, 0.2) is 71.9 Å². The highest BCUT2D eigenvalue weighted by atomic mass is 32.2. The molecule has 1 aliphatic rings. The van der Waals surface area contributed by atoms with Gasteiger partial charge in [-0.1, -0.05) is 30.3 Å². The maximum atomic E-state index is 13.3. The first-order valence-electron chi connectivity index (χ1n) is 11.1. The Morgan fingerprint density at radius 2 is 1.82 bits per heavy atom. The molecule has 3 heterocycles. The molecule has 34 heavy (non-hydrogen) atoms. The maximum absolute atomic E-state index is 13.3. The molecule has 0 aliphatic carbocycles. The Morgan fingerprint density at radius 3 is 2.62 bits per heavy atom. The summed E-state index contributed by atoms with van der Waals surface area (Å²) in [6.07, 6.45) is 3.95. The van der Waals surface area contributed by atoms with E-state index in [-0.39, 0.29) is 16.5 Å². The monoisotopic (exact) mass is 475 g/mol. The largest absolute Gasteiger partial charge is 0.321 e. The number of sulfonamides is 1. The smallest absolute Gasteiger partial charge is 0.255 e. The van der Waals surface area contributed by atoms with E-state index in [0.29, 0.717) is 25.2 Å². The molecular weight excluding hydrogens is 450 g/mol. The zero-order valence-corrected chi connectivity index (χ0v) is 19.8. The fraction of sp³-hybridized carbons (Fsp3) is 0.240. The molecule has 2 aromatic heterocycles. The van der Waals surface area contributed by atoms with Crippen molar-refractivity contribution in [1.29, 1.82) is 0 Å². The Labute approximate surface area is 198 Å². The van der Waals surface area contributed by atoms with Gasteiger partial charge in [-0.05, 0) is 55.7 Å². The van der Waals surface area contributed by atoms with Crippen molar-refractivity contribution in [2.45, 2.75) is 37.8 Å². The Kier molecular flexibility index (Phi) is 5.66.